The summed E-state index contributed by atoms with van der Waals surface area (Å²) >= 11 is 3.04. The highest BCUT2D eigenvalue weighted by molar-refractivity contribution is 7.16. The predicted octanol–water partition coefficient (Wildman–Crippen LogP) is 3.56. The van der Waals surface area contributed by atoms with Crippen molar-refractivity contribution in [1.29, 1.82) is 0 Å². The zero-order valence-electron chi connectivity index (χ0n) is 14.0. The number of carbonyl (C=O) groups excluding carboxylic acids is 1. The first kappa shape index (κ1) is 17.6. The molecule has 1 aromatic carbocycles. The lowest BCUT2D eigenvalue weighted by Crippen LogP contribution is -2.18. The van der Waals surface area contributed by atoms with Gasteiger partial charge in [-0.25, -0.2) is 0 Å². The van der Waals surface area contributed by atoms with Gasteiger partial charge in [0.25, 0.3) is 5.91 Å². The normalized spacial score (nSPS) is 12.3. The van der Waals surface area contributed by atoms with Gasteiger partial charge < -0.3 is 14.0 Å². The Balaban J connectivity index is 1.99. The first-order valence-electron chi connectivity index (χ1n) is 7.68. The van der Waals surface area contributed by atoms with Gasteiger partial charge in [-0.05, 0) is 35.7 Å². The summed E-state index contributed by atoms with van der Waals surface area (Å²) in [4.78, 5) is 18.2. The lowest BCUT2D eigenvalue weighted by atomic mass is 10.3. The molecule has 2 heterocycles. The van der Waals surface area contributed by atoms with Crippen molar-refractivity contribution >= 4 is 44.9 Å². The fourth-order valence-corrected chi connectivity index (χ4v) is 4.04. The topological polar surface area (TPSA) is 52.8 Å². The monoisotopic (exact) mass is 374 g/mol. The van der Waals surface area contributed by atoms with Crippen LogP contribution < -0.4 is 9.54 Å². The largest absolute Gasteiger partial charge is 0.497 e. The van der Waals surface area contributed by atoms with E-state index < -0.39 is 0 Å². The second-order valence-corrected chi connectivity index (χ2v) is 7.15. The van der Waals surface area contributed by atoms with Crippen molar-refractivity contribution in [2.45, 2.75) is 6.54 Å². The Bertz CT molecular complexity index is 953. The van der Waals surface area contributed by atoms with E-state index in [1.165, 1.54) is 17.4 Å². The van der Waals surface area contributed by atoms with Gasteiger partial charge in [0, 0.05) is 24.6 Å². The molecule has 5 nitrogen and oxygen atoms in total. The van der Waals surface area contributed by atoms with Crippen LogP contribution in [0.4, 0.5) is 0 Å². The third kappa shape index (κ3) is 4.25. The molecule has 3 rings (SSSR count). The van der Waals surface area contributed by atoms with Gasteiger partial charge in [-0.3, -0.25) is 4.79 Å². The summed E-state index contributed by atoms with van der Waals surface area (Å²) < 4.78 is 13.5. The maximum atomic E-state index is 12.2. The number of amides is 1. The SMILES string of the molecule is COCCn1c(=NC(=O)/C=C/c2cccs2)sc2cc(OC)ccc21. The van der Waals surface area contributed by atoms with Crippen LogP contribution in [0, 0.1) is 0 Å². The highest BCUT2D eigenvalue weighted by atomic mass is 32.1. The third-order valence-corrected chi connectivity index (χ3v) is 5.43. The highest BCUT2D eigenvalue weighted by Gasteiger charge is 2.08. The van der Waals surface area contributed by atoms with E-state index in [0.717, 1.165) is 20.8 Å². The number of aromatic nitrogens is 1. The molecule has 0 saturated carbocycles. The third-order valence-electron chi connectivity index (χ3n) is 3.55. The van der Waals surface area contributed by atoms with Crippen molar-refractivity contribution in [3.63, 3.8) is 0 Å². The second-order valence-electron chi connectivity index (χ2n) is 5.16. The summed E-state index contributed by atoms with van der Waals surface area (Å²) in [6.07, 6.45) is 3.28. The van der Waals surface area contributed by atoms with Crippen molar-refractivity contribution in [3.8, 4) is 5.75 Å². The molecule has 0 N–H and O–H groups in total. The fourth-order valence-electron chi connectivity index (χ4n) is 2.34. The molecule has 0 saturated heterocycles. The zero-order chi connectivity index (χ0) is 17.6. The lowest BCUT2D eigenvalue weighted by Gasteiger charge is -2.04. The van der Waals surface area contributed by atoms with Crippen LogP contribution in [0.3, 0.4) is 0 Å². The Morgan fingerprint density at radius 1 is 1.32 bits per heavy atom. The van der Waals surface area contributed by atoms with Crippen LogP contribution in [0.2, 0.25) is 0 Å². The summed E-state index contributed by atoms with van der Waals surface area (Å²) in [7, 11) is 3.29. The van der Waals surface area contributed by atoms with E-state index in [1.807, 2.05) is 40.3 Å². The van der Waals surface area contributed by atoms with Crippen molar-refractivity contribution in [2.75, 3.05) is 20.8 Å². The minimum atomic E-state index is -0.280. The zero-order valence-corrected chi connectivity index (χ0v) is 15.6. The van der Waals surface area contributed by atoms with Crippen LogP contribution >= 0.6 is 22.7 Å². The van der Waals surface area contributed by atoms with Crippen LogP contribution in [0.25, 0.3) is 16.3 Å². The fraction of sp³-hybridized carbons (Fsp3) is 0.222. The molecule has 0 radical (unpaired) electrons. The van der Waals surface area contributed by atoms with Crippen molar-refractivity contribution in [2.24, 2.45) is 4.99 Å². The van der Waals surface area contributed by atoms with Gasteiger partial charge in [-0.1, -0.05) is 17.4 Å². The average Bonchev–Trinajstić information content (AvgIpc) is 3.25. The number of benzene rings is 1. The maximum absolute atomic E-state index is 12.2. The summed E-state index contributed by atoms with van der Waals surface area (Å²) in [6, 6.07) is 9.74. The number of hydrogen-bond donors (Lipinski definition) is 0. The number of rotatable bonds is 6. The number of hydrogen-bond acceptors (Lipinski definition) is 5. The summed E-state index contributed by atoms with van der Waals surface area (Å²) in [5.41, 5.74) is 1.01. The molecule has 0 aliphatic heterocycles. The number of methoxy groups -OCH3 is 2. The Morgan fingerprint density at radius 2 is 2.20 bits per heavy atom. The maximum Gasteiger partial charge on any atom is 0.272 e. The van der Waals surface area contributed by atoms with E-state index in [0.29, 0.717) is 18.0 Å². The smallest absolute Gasteiger partial charge is 0.272 e. The molecule has 0 bridgehead atoms. The van der Waals surface area contributed by atoms with Crippen LogP contribution in [0.1, 0.15) is 4.88 Å². The van der Waals surface area contributed by atoms with E-state index >= 15 is 0 Å². The molecule has 0 unspecified atom stereocenters. The van der Waals surface area contributed by atoms with Gasteiger partial charge >= 0.3 is 0 Å². The lowest BCUT2D eigenvalue weighted by molar-refractivity contribution is -0.113. The molecule has 2 aromatic heterocycles. The van der Waals surface area contributed by atoms with Crippen LogP contribution in [-0.2, 0) is 16.1 Å². The second kappa shape index (κ2) is 8.24. The van der Waals surface area contributed by atoms with E-state index in [-0.39, 0.29) is 5.91 Å². The van der Waals surface area contributed by atoms with Gasteiger partial charge in [0.15, 0.2) is 4.80 Å². The van der Waals surface area contributed by atoms with Crippen LogP contribution in [0.5, 0.6) is 5.75 Å². The Kier molecular flexibility index (Phi) is 5.80. The minimum absolute atomic E-state index is 0.280. The summed E-state index contributed by atoms with van der Waals surface area (Å²) in [6.45, 7) is 1.17. The molecule has 0 fully saturated rings. The first-order valence-corrected chi connectivity index (χ1v) is 9.37. The first-order chi connectivity index (χ1) is 12.2. The van der Waals surface area contributed by atoms with E-state index in [9.17, 15) is 4.79 Å². The molecule has 7 heteroatoms. The van der Waals surface area contributed by atoms with Gasteiger partial charge in [-0.2, -0.15) is 4.99 Å². The predicted molar refractivity (Wildman–Crippen MR) is 102 cm³/mol. The Labute approximate surface area is 153 Å². The van der Waals surface area contributed by atoms with Crippen molar-refractivity contribution < 1.29 is 14.3 Å². The van der Waals surface area contributed by atoms with Crippen molar-refractivity contribution in [1.82, 2.24) is 4.57 Å². The van der Waals surface area contributed by atoms with Crippen molar-refractivity contribution in [3.05, 3.63) is 51.5 Å². The number of thiazole rings is 1. The Hall–Kier alpha value is -2.22. The van der Waals surface area contributed by atoms with E-state index in [2.05, 4.69) is 4.99 Å². The number of carbonyl (C=O) groups is 1. The molecule has 0 aliphatic carbocycles. The molecule has 0 aliphatic rings. The minimum Gasteiger partial charge on any atom is -0.497 e. The number of thiophene rings is 1. The molecule has 0 atom stereocenters. The molecule has 0 spiro atoms. The summed E-state index contributed by atoms with van der Waals surface area (Å²) in [5, 5.41) is 1.97. The molecule has 25 heavy (non-hydrogen) atoms. The van der Waals surface area contributed by atoms with Crippen LogP contribution in [0.15, 0.2) is 46.8 Å². The number of ether oxygens (including phenoxy) is 2. The number of nitrogens with zero attached hydrogens (tertiary/aromatic N) is 2. The summed E-state index contributed by atoms with van der Waals surface area (Å²) in [5.74, 6) is 0.501. The average molecular weight is 374 g/mol. The molecule has 3 aromatic rings. The van der Waals surface area contributed by atoms with E-state index in [1.54, 1.807) is 31.6 Å². The Morgan fingerprint density at radius 3 is 2.92 bits per heavy atom. The van der Waals surface area contributed by atoms with Gasteiger partial charge in [0.1, 0.15) is 5.75 Å². The number of fused-ring (bicyclic) bond motifs is 1. The molecular formula is C18H18N2O3S2. The van der Waals surface area contributed by atoms with Gasteiger partial charge in [0.05, 0.1) is 23.9 Å². The molecular weight excluding hydrogens is 356 g/mol. The van der Waals surface area contributed by atoms with E-state index in [4.69, 9.17) is 9.47 Å². The van der Waals surface area contributed by atoms with Gasteiger partial charge in [-0.15, -0.1) is 11.3 Å². The van der Waals surface area contributed by atoms with Crippen LogP contribution in [-0.4, -0.2) is 31.3 Å². The molecule has 1 amide bonds. The quantitative estimate of drug-likeness (QED) is 0.620. The highest BCUT2D eigenvalue weighted by Crippen LogP contribution is 2.23. The molecule has 130 valence electrons. The van der Waals surface area contributed by atoms with Gasteiger partial charge in [0.2, 0.25) is 0 Å². The standard InChI is InChI=1S/C18H18N2O3S2/c1-22-10-9-20-15-7-5-13(23-2)12-16(15)25-18(20)19-17(21)8-6-14-4-3-11-24-14/h3-8,11-12H,9-10H2,1-2H3/b8-6+,19-18?.